The van der Waals surface area contributed by atoms with E-state index in [1.807, 2.05) is 19.1 Å². The smallest absolute Gasteiger partial charge is 0.487 e. The van der Waals surface area contributed by atoms with Crippen molar-refractivity contribution in [3.63, 3.8) is 0 Å². The SMILES string of the molecule is COCC1=CC(C23CC4CC2CC4C3)CC(COC)=C1OC12CCC(OC(=O)[N+](C)(CN(C)NC(C)C)C(C)(C)C)(CC1)C2. The monoisotopic (exact) mass is 614 g/mol. The molecule has 0 aromatic rings. The molecule has 4 atom stereocenters. The standard InChI is InChI=1S/C36H60N3O5/c1-24(2)37-38(6)23-39(7,33(3,4)5)32(40)44-35-12-10-34(22-35,11-13-35)43-31-27(20-41-8)16-30(17-28(31)21-42-9)36-18-25-14-29(36)15-26(25)19-36/h16,24-26,29-30,37H,10-15,17-23H2,1-9H3/q+1. The number of carbonyl (C=O) groups is 1. The van der Waals surface area contributed by atoms with Gasteiger partial charge in [0.15, 0.2) is 6.67 Å². The van der Waals surface area contributed by atoms with Crippen LogP contribution in [0.4, 0.5) is 4.79 Å². The van der Waals surface area contributed by atoms with Crippen LogP contribution in [-0.2, 0) is 18.9 Å². The van der Waals surface area contributed by atoms with Gasteiger partial charge in [0.1, 0.15) is 22.5 Å². The summed E-state index contributed by atoms with van der Waals surface area (Å²) in [5, 5.41) is 2.02. The zero-order valence-corrected chi connectivity index (χ0v) is 29.1. The molecule has 6 fully saturated rings. The lowest BCUT2D eigenvalue weighted by Crippen LogP contribution is -2.67. The lowest BCUT2D eigenvalue weighted by molar-refractivity contribution is -0.896. The van der Waals surface area contributed by atoms with E-state index in [4.69, 9.17) is 18.9 Å². The molecule has 0 aromatic carbocycles. The van der Waals surface area contributed by atoms with Gasteiger partial charge >= 0.3 is 6.09 Å². The van der Waals surface area contributed by atoms with Crippen LogP contribution < -0.4 is 5.43 Å². The van der Waals surface area contributed by atoms with E-state index in [-0.39, 0.29) is 27.8 Å². The highest BCUT2D eigenvalue weighted by atomic mass is 16.6. The summed E-state index contributed by atoms with van der Waals surface area (Å²) in [6, 6.07) is 0.286. The molecule has 0 radical (unpaired) electrons. The highest BCUT2D eigenvalue weighted by molar-refractivity contribution is 5.61. The molecule has 0 aliphatic heterocycles. The van der Waals surface area contributed by atoms with Gasteiger partial charge in [-0.3, -0.25) is 0 Å². The Labute approximate surface area is 266 Å². The number of amides is 1. The highest BCUT2D eigenvalue weighted by Gasteiger charge is 2.65. The number of hydrogen-bond acceptors (Lipinski definition) is 7. The van der Waals surface area contributed by atoms with Crippen molar-refractivity contribution in [2.75, 3.05) is 48.2 Å². The number of hydrazine groups is 1. The lowest BCUT2D eigenvalue weighted by Gasteiger charge is -2.45. The quantitative estimate of drug-likeness (QED) is 0.151. The minimum absolute atomic E-state index is 0.156. The summed E-state index contributed by atoms with van der Waals surface area (Å²) in [6.45, 7) is 12.3. The number of rotatable bonds is 12. The predicted octanol–water partition coefficient (Wildman–Crippen LogP) is 6.57. The van der Waals surface area contributed by atoms with Crippen molar-refractivity contribution in [1.29, 1.82) is 0 Å². The van der Waals surface area contributed by atoms with Crippen molar-refractivity contribution in [2.24, 2.45) is 29.1 Å². The van der Waals surface area contributed by atoms with Crippen LogP contribution in [0, 0.1) is 29.1 Å². The number of quaternary nitrogens is 1. The van der Waals surface area contributed by atoms with Crippen molar-refractivity contribution in [2.45, 2.75) is 122 Å². The molecule has 4 unspecified atom stereocenters. The number of allylic oxidation sites excluding steroid dienone is 1. The molecule has 0 saturated heterocycles. The second-order valence-corrected chi connectivity index (χ2v) is 17.1. The molecule has 248 valence electrons. The van der Waals surface area contributed by atoms with E-state index in [9.17, 15) is 4.79 Å². The number of nitrogens with zero attached hydrogens (tertiary/aromatic N) is 2. The first-order chi connectivity index (χ1) is 20.7. The van der Waals surface area contributed by atoms with Crippen molar-refractivity contribution in [3.8, 4) is 0 Å². The maximum atomic E-state index is 14.1. The summed E-state index contributed by atoms with van der Waals surface area (Å²) in [6.07, 6.45) is 13.4. The van der Waals surface area contributed by atoms with Crippen LogP contribution >= 0.6 is 0 Å². The molecule has 7 rings (SSSR count). The second kappa shape index (κ2) is 11.4. The van der Waals surface area contributed by atoms with Crippen LogP contribution in [-0.4, -0.2) is 86.6 Å². The van der Waals surface area contributed by atoms with E-state index in [1.165, 1.54) is 36.8 Å². The molecule has 7 aliphatic rings. The van der Waals surface area contributed by atoms with Gasteiger partial charge in [0.2, 0.25) is 0 Å². The zero-order chi connectivity index (χ0) is 31.7. The number of methoxy groups -OCH3 is 2. The average Bonchev–Trinajstić information content (AvgIpc) is 3.76. The lowest BCUT2D eigenvalue weighted by atomic mass is 9.66. The number of nitrogens with one attached hydrogen (secondary N) is 1. The third-order valence-electron chi connectivity index (χ3n) is 13.0. The molecular formula is C36H60N3O5+. The van der Waals surface area contributed by atoms with E-state index >= 15 is 0 Å². The van der Waals surface area contributed by atoms with Gasteiger partial charge in [-0.05, 0) is 127 Å². The minimum Gasteiger partial charge on any atom is -0.487 e. The average molecular weight is 615 g/mol. The Morgan fingerprint density at radius 1 is 1.05 bits per heavy atom. The maximum Gasteiger partial charge on any atom is 0.517 e. The Bertz CT molecular complexity index is 1160. The minimum atomic E-state index is -0.473. The van der Waals surface area contributed by atoms with Crippen LogP contribution in [0.2, 0.25) is 0 Å². The van der Waals surface area contributed by atoms with Gasteiger partial charge < -0.3 is 18.9 Å². The van der Waals surface area contributed by atoms with Gasteiger partial charge in [-0.25, -0.2) is 9.91 Å². The molecule has 6 saturated carbocycles. The zero-order valence-electron chi connectivity index (χ0n) is 29.1. The van der Waals surface area contributed by atoms with Crippen molar-refractivity contribution >= 4 is 6.09 Å². The fraction of sp³-hybridized carbons (Fsp3) is 0.861. The summed E-state index contributed by atoms with van der Waals surface area (Å²) in [5.74, 6) is 4.37. The Kier molecular flexibility index (Phi) is 8.39. The topological polar surface area (TPSA) is 69.3 Å². The normalized spacial score (nSPS) is 38.8. The highest BCUT2D eigenvalue weighted by Crippen LogP contribution is 2.73. The van der Waals surface area contributed by atoms with Gasteiger partial charge in [-0.1, -0.05) is 6.08 Å². The molecule has 44 heavy (non-hydrogen) atoms. The van der Waals surface area contributed by atoms with Crippen LogP contribution in [0.25, 0.3) is 0 Å². The van der Waals surface area contributed by atoms with Crippen molar-refractivity contribution in [3.05, 3.63) is 23.0 Å². The summed E-state index contributed by atoms with van der Waals surface area (Å²) >= 11 is 0. The molecule has 8 nitrogen and oxygen atoms in total. The van der Waals surface area contributed by atoms with E-state index in [1.54, 1.807) is 14.2 Å². The van der Waals surface area contributed by atoms with Gasteiger partial charge in [0, 0.05) is 39.3 Å². The molecule has 0 aromatic heterocycles. The van der Waals surface area contributed by atoms with Crippen LogP contribution in [0.15, 0.2) is 23.0 Å². The van der Waals surface area contributed by atoms with Gasteiger partial charge in [0.25, 0.3) is 0 Å². The molecule has 1 amide bonds. The summed E-state index contributed by atoms with van der Waals surface area (Å²) in [4.78, 5) is 14.1. The Balaban J connectivity index is 1.20. The number of ether oxygens (including phenoxy) is 4. The van der Waals surface area contributed by atoms with Crippen LogP contribution in [0.1, 0.15) is 98.8 Å². The Hall–Kier alpha value is -1.45. The first kappa shape index (κ1) is 32.5. The summed E-state index contributed by atoms with van der Waals surface area (Å²) in [7, 11) is 7.61. The first-order valence-corrected chi connectivity index (χ1v) is 17.3. The molecule has 1 N–H and O–H groups in total. The fourth-order valence-corrected chi connectivity index (χ4v) is 10.5. The largest absolute Gasteiger partial charge is 0.517 e. The predicted molar refractivity (Wildman–Crippen MR) is 171 cm³/mol. The second-order valence-electron chi connectivity index (χ2n) is 17.1. The van der Waals surface area contributed by atoms with Gasteiger partial charge in [0.05, 0.1) is 20.3 Å². The molecule has 0 spiro atoms. The molecule has 8 heteroatoms. The third-order valence-corrected chi connectivity index (χ3v) is 13.0. The van der Waals surface area contributed by atoms with Gasteiger partial charge in [-0.15, -0.1) is 0 Å². The third kappa shape index (κ3) is 5.38. The Morgan fingerprint density at radius 3 is 2.18 bits per heavy atom. The fourth-order valence-electron chi connectivity index (χ4n) is 10.5. The van der Waals surface area contributed by atoms with Crippen LogP contribution in [0.3, 0.4) is 0 Å². The summed E-state index contributed by atoms with van der Waals surface area (Å²) in [5.41, 5.74) is 5.27. The first-order valence-electron chi connectivity index (χ1n) is 17.3. The number of fused-ring (bicyclic) bond motifs is 2. The van der Waals surface area contributed by atoms with E-state index < -0.39 is 5.60 Å². The molecule has 0 heterocycles. The van der Waals surface area contributed by atoms with Crippen LogP contribution in [0.5, 0.6) is 0 Å². The van der Waals surface area contributed by atoms with Gasteiger partial charge in [-0.2, -0.15) is 9.80 Å². The number of carbonyl (C=O) groups excluding carboxylic acids is 1. The van der Waals surface area contributed by atoms with E-state index in [0.717, 1.165) is 62.0 Å². The van der Waals surface area contributed by atoms with E-state index in [2.05, 4.69) is 46.1 Å². The molecule has 6 bridgehead atoms. The Morgan fingerprint density at radius 2 is 1.66 bits per heavy atom. The van der Waals surface area contributed by atoms with Crippen molar-refractivity contribution in [1.82, 2.24) is 10.4 Å². The molecular weight excluding hydrogens is 554 g/mol. The van der Waals surface area contributed by atoms with Crippen molar-refractivity contribution < 1.29 is 28.2 Å². The van der Waals surface area contributed by atoms with E-state index in [0.29, 0.717) is 31.2 Å². The molecule has 7 aliphatic carbocycles. The number of hydrogen-bond donors (Lipinski definition) is 1. The maximum absolute atomic E-state index is 14.1. The summed E-state index contributed by atoms with van der Waals surface area (Å²) < 4.78 is 25.6.